The average Bonchev–Trinajstić information content (AvgIpc) is 3.34. The molecule has 0 aromatic carbocycles. The van der Waals surface area contributed by atoms with Crippen molar-refractivity contribution in [3.63, 3.8) is 0 Å². The van der Waals surface area contributed by atoms with E-state index in [1.807, 2.05) is 0 Å². The largest absolute Gasteiger partial charge is 0.462 e. The first-order valence-corrected chi connectivity index (χ1v) is 29.6. The molecule has 0 aliphatic carbocycles. The van der Waals surface area contributed by atoms with Gasteiger partial charge in [0.1, 0.15) is 13.2 Å². The van der Waals surface area contributed by atoms with Gasteiger partial charge < -0.3 is 14.2 Å². The van der Waals surface area contributed by atoms with Gasteiger partial charge in [-0.05, 0) is 77.0 Å². The van der Waals surface area contributed by atoms with Gasteiger partial charge in [0.2, 0.25) is 0 Å². The molecule has 0 radical (unpaired) electrons. The van der Waals surface area contributed by atoms with Crippen molar-refractivity contribution in [2.45, 2.75) is 316 Å². The molecule has 0 aromatic heterocycles. The van der Waals surface area contributed by atoms with Gasteiger partial charge in [0, 0.05) is 19.3 Å². The van der Waals surface area contributed by atoms with Crippen LogP contribution in [0.2, 0.25) is 0 Å². The van der Waals surface area contributed by atoms with Gasteiger partial charge in [-0.15, -0.1) is 0 Å². The van der Waals surface area contributed by atoms with E-state index in [0.717, 1.165) is 83.5 Å². The van der Waals surface area contributed by atoms with Gasteiger partial charge in [-0.3, -0.25) is 14.4 Å². The molecule has 6 nitrogen and oxygen atoms in total. The second kappa shape index (κ2) is 57.0. The fraction of sp³-hybridized carbons (Fsp3) is 0.823. The summed E-state index contributed by atoms with van der Waals surface area (Å²) >= 11 is 0. The van der Waals surface area contributed by atoms with E-state index in [9.17, 15) is 14.4 Å². The molecular weight excluding hydrogens is 841 g/mol. The highest BCUT2D eigenvalue weighted by Crippen LogP contribution is 2.17. The monoisotopic (exact) mass is 953 g/mol. The third kappa shape index (κ3) is 54.3. The molecule has 0 heterocycles. The Hall–Kier alpha value is -2.63. The molecule has 0 aromatic rings. The Morgan fingerprint density at radius 3 is 0.926 bits per heavy atom. The summed E-state index contributed by atoms with van der Waals surface area (Å²) in [5, 5.41) is 0. The Morgan fingerprint density at radius 1 is 0.309 bits per heavy atom. The molecule has 0 saturated carbocycles. The van der Waals surface area contributed by atoms with E-state index in [1.165, 1.54) is 186 Å². The third-order valence-electron chi connectivity index (χ3n) is 13.1. The molecule has 0 spiro atoms. The van der Waals surface area contributed by atoms with Crippen molar-refractivity contribution in [1.82, 2.24) is 0 Å². The summed E-state index contributed by atoms with van der Waals surface area (Å²) in [6.07, 6.45) is 69.7. The number of carbonyl (C=O) groups excluding carboxylic acids is 3. The van der Waals surface area contributed by atoms with Crippen molar-refractivity contribution in [3.8, 4) is 0 Å². The zero-order chi connectivity index (χ0) is 49.3. The Bertz CT molecular complexity index is 1190. The Labute approximate surface area is 422 Å². The summed E-state index contributed by atoms with van der Waals surface area (Å²) in [6.45, 7) is 6.53. The third-order valence-corrected chi connectivity index (χ3v) is 13.1. The Kier molecular flexibility index (Phi) is 54.8. The second-order valence-corrected chi connectivity index (χ2v) is 19.9. The van der Waals surface area contributed by atoms with Crippen LogP contribution >= 0.6 is 0 Å². The molecule has 0 amide bonds. The molecule has 0 bridgehead atoms. The topological polar surface area (TPSA) is 78.9 Å². The van der Waals surface area contributed by atoms with Crippen molar-refractivity contribution >= 4 is 17.9 Å². The lowest BCUT2D eigenvalue weighted by Gasteiger charge is -2.18. The van der Waals surface area contributed by atoms with E-state index in [4.69, 9.17) is 14.2 Å². The fourth-order valence-corrected chi connectivity index (χ4v) is 8.63. The molecule has 0 aliphatic rings. The van der Waals surface area contributed by atoms with Gasteiger partial charge in [-0.25, -0.2) is 0 Å². The molecule has 1 atom stereocenters. The summed E-state index contributed by atoms with van der Waals surface area (Å²) < 4.78 is 16.9. The van der Waals surface area contributed by atoms with Crippen LogP contribution in [0.4, 0.5) is 0 Å². The van der Waals surface area contributed by atoms with E-state index < -0.39 is 6.10 Å². The molecule has 0 fully saturated rings. The maximum atomic E-state index is 12.9. The lowest BCUT2D eigenvalue weighted by atomic mass is 10.0. The summed E-state index contributed by atoms with van der Waals surface area (Å²) in [6, 6.07) is 0. The number of unbranched alkanes of at least 4 members (excludes halogenated alkanes) is 35. The lowest BCUT2D eigenvalue weighted by molar-refractivity contribution is -0.167. The molecule has 396 valence electrons. The minimum absolute atomic E-state index is 0.0811. The van der Waals surface area contributed by atoms with Crippen LogP contribution in [-0.2, 0) is 28.6 Å². The standard InChI is InChI=1S/C62H112O6/c1-4-7-10-13-16-19-22-25-27-29-30-31-33-34-37-40-43-46-49-52-55-61(64)67-58-59(57-66-60(63)54-51-48-45-42-39-36-24-21-18-15-12-9-6-3)68-62(65)56-53-50-47-44-41-38-35-32-28-26-23-20-17-14-11-8-5-2/h9,12,18,21,26,28,36,39,59H,4-8,10-11,13-17,19-20,22-25,27,29-35,37-38,40-58H2,1-3H3/b12-9-,21-18-,28-26-,39-36-. The van der Waals surface area contributed by atoms with Crippen LogP contribution in [-0.4, -0.2) is 37.2 Å². The lowest BCUT2D eigenvalue weighted by Crippen LogP contribution is -2.30. The normalized spacial score (nSPS) is 12.3. The summed E-state index contributed by atoms with van der Waals surface area (Å²) in [5.41, 5.74) is 0. The van der Waals surface area contributed by atoms with Crippen LogP contribution in [0.15, 0.2) is 48.6 Å². The Balaban J connectivity index is 4.33. The van der Waals surface area contributed by atoms with Crippen LogP contribution in [0.25, 0.3) is 0 Å². The zero-order valence-electron chi connectivity index (χ0n) is 45.4. The number of hydrogen-bond donors (Lipinski definition) is 0. The van der Waals surface area contributed by atoms with Crippen LogP contribution in [0, 0.1) is 0 Å². The first-order chi connectivity index (χ1) is 33.5. The van der Waals surface area contributed by atoms with E-state index in [1.54, 1.807) is 0 Å². The first-order valence-electron chi connectivity index (χ1n) is 29.6. The molecule has 0 rings (SSSR count). The van der Waals surface area contributed by atoms with Crippen molar-refractivity contribution in [3.05, 3.63) is 48.6 Å². The summed E-state index contributed by atoms with van der Waals surface area (Å²) in [7, 11) is 0. The molecular formula is C62H112O6. The van der Waals surface area contributed by atoms with Crippen LogP contribution in [0.5, 0.6) is 0 Å². The van der Waals surface area contributed by atoms with Gasteiger partial charge >= 0.3 is 17.9 Å². The van der Waals surface area contributed by atoms with Crippen molar-refractivity contribution in [2.24, 2.45) is 0 Å². The number of rotatable bonds is 54. The highest BCUT2D eigenvalue weighted by molar-refractivity contribution is 5.71. The van der Waals surface area contributed by atoms with Gasteiger partial charge in [-0.2, -0.15) is 0 Å². The Morgan fingerprint density at radius 2 is 0.574 bits per heavy atom. The smallest absolute Gasteiger partial charge is 0.306 e. The average molecular weight is 954 g/mol. The van der Waals surface area contributed by atoms with Gasteiger partial charge in [0.15, 0.2) is 6.10 Å². The molecule has 0 N–H and O–H groups in total. The maximum absolute atomic E-state index is 12.9. The van der Waals surface area contributed by atoms with E-state index in [-0.39, 0.29) is 31.1 Å². The van der Waals surface area contributed by atoms with Crippen LogP contribution in [0.1, 0.15) is 310 Å². The number of carbonyl (C=O) groups is 3. The quantitative estimate of drug-likeness (QED) is 0.0262. The summed E-state index contributed by atoms with van der Waals surface area (Å²) in [5.74, 6) is -0.900. The SMILES string of the molecule is CC/C=C\C/C=C\C/C=C\CCCCCC(=O)OCC(COC(=O)CCCCCCCCCCCCCCCCCCCCCC)OC(=O)CCCCCCCCC/C=C\CCCCCCCC. The van der Waals surface area contributed by atoms with Gasteiger partial charge in [-0.1, -0.05) is 262 Å². The molecule has 1 unspecified atom stereocenters. The van der Waals surface area contributed by atoms with E-state index in [2.05, 4.69) is 69.4 Å². The van der Waals surface area contributed by atoms with Crippen LogP contribution in [0.3, 0.4) is 0 Å². The van der Waals surface area contributed by atoms with Crippen molar-refractivity contribution in [1.29, 1.82) is 0 Å². The first kappa shape index (κ1) is 65.4. The molecule has 0 aliphatic heterocycles. The number of ether oxygens (including phenoxy) is 3. The molecule has 6 heteroatoms. The van der Waals surface area contributed by atoms with E-state index in [0.29, 0.717) is 19.3 Å². The molecule has 68 heavy (non-hydrogen) atoms. The highest BCUT2D eigenvalue weighted by Gasteiger charge is 2.19. The predicted molar refractivity (Wildman–Crippen MR) is 293 cm³/mol. The zero-order valence-corrected chi connectivity index (χ0v) is 45.4. The second-order valence-electron chi connectivity index (χ2n) is 19.9. The minimum Gasteiger partial charge on any atom is -0.462 e. The number of esters is 3. The van der Waals surface area contributed by atoms with Gasteiger partial charge in [0.05, 0.1) is 0 Å². The minimum atomic E-state index is -0.785. The molecule has 0 saturated heterocycles. The number of hydrogen-bond acceptors (Lipinski definition) is 6. The fourth-order valence-electron chi connectivity index (χ4n) is 8.63. The van der Waals surface area contributed by atoms with E-state index >= 15 is 0 Å². The summed E-state index contributed by atoms with van der Waals surface area (Å²) in [4.78, 5) is 38.2. The maximum Gasteiger partial charge on any atom is 0.306 e. The highest BCUT2D eigenvalue weighted by atomic mass is 16.6. The predicted octanol–water partition coefficient (Wildman–Crippen LogP) is 19.8. The number of allylic oxidation sites excluding steroid dienone is 8. The van der Waals surface area contributed by atoms with Crippen LogP contribution < -0.4 is 0 Å². The van der Waals surface area contributed by atoms with Crippen molar-refractivity contribution in [2.75, 3.05) is 13.2 Å². The van der Waals surface area contributed by atoms with Gasteiger partial charge in [0.25, 0.3) is 0 Å². The van der Waals surface area contributed by atoms with Crippen molar-refractivity contribution < 1.29 is 28.6 Å².